The second-order valence-electron chi connectivity index (χ2n) is 3.57. The van der Waals surface area contributed by atoms with E-state index in [9.17, 15) is 0 Å². The van der Waals surface area contributed by atoms with Crippen molar-refractivity contribution >= 4 is 5.82 Å². The Bertz CT molecular complexity index is 449. The molecule has 5 nitrogen and oxygen atoms in total. The predicted octanol–water partition coefficient (Wildman–Crippen LogP) is 1.06. The molecule has 0 radical (unpaired) electrons. The highest BCUT2D eigenvalue weighted by Gasteiger charge is 2.07. The van der Waals surface area contributed by atoms with Crippen LogP contribution in [0.15, 0.2) is 24.4 Å². The van der Waals surface area contributed by atoms with Gasteiger partial charge in [-0.1, -0.05) is 18.2 Å². The summed E-state index contributed by atoms with van der Waals surface area (Å²) < 4.78 is 1.85. The Balaban J connectivity index is 2.05. The number of pyridine rings is 1. The van der Waals surface area contributed by atoms with E-state index in [-0.39, 0.29) is 0 Å². The standard InChI is InChI=1S/C11H15N5/c1-2-10-11(12)14-15-16(10)8-6-9-5-3-4-7-13-9/h3-5,7H,2,6,8,12H2,1H3. The van der Waals surface area contributed by atoms with Gasteiger partial charge in [0.15, 0.2) is 5.82 Å². The molecule has 84 valence electrons. The van der Waals surface area contributed by atoms with Crippen LogP contribution in [0.2, 0.25) is 0 Å². The Labute approximate surface area is 94.3 Å². The fraction of sp³-hybridized carbons (Fsp3) is 0.364. The molecule has 16 heavy (non-hydrogen) atoms. The number of hydrogen-bond acceptors (Lipinski definition) is 4. The number of anilines is 1. The zero-order valence-electron chi connectivity index (χ0n) is 9.30. The zero-order chi connectivity index (χ0) is 11.4. The molecule has 0 unspecified atom stereocenters. The van der Waals surface area contributed by atoms with Crippen molar-refractivity contribution in [1.82, 2.24) is 20.0 Å². The summed E-state index contributed by atoms with van der Waals surface area (Å²) in [4.78, 5) is 4.26. The lowest BCUT2D eigenvalue weighted by molar-refractivity contribution is 0.562. The van der Waals surface area contributed by atoms with E-state index >= 15 is 0 Å². The summed E-state index contributed by atoms with van der Waals surface area (Å²) in [5.74, 6) is 0.531. The van der Waals surface area contributed by atoms with Crippen LogP contribution in [0.25, 0.3) is 0 Å². The van der Waals surface area contributed by atoms with E-state index in [2.05, 4.69) is 15.3 Å². The number of nitrogen functional groups attached to an aromatic ring is 1. The van der Waals surface area contributed by atoms with Gasteiger partial charge < -0.3 is 5.73 Å². The third kappa shape index (κ3) is 2.18. The quantitative estimate of drug-likeness (QED) is 0.831. The van der Waals surface area contributed by atoms with Crippen molar-refractivity contribution in [3.05, 3.63) is 35.8 Å². The Kier molecular flexibility index (Phi) is 3.14. The predicted molar refractivity (Wildman–Crippen MR) is 61.8 cm³/mol. The van der Waals surface area contributed by atoms with E-state index in [0.717, 1.165) is 30.8 Å². The first kappa shape index (κ1) is 10.6. The fourth-order valence-corrected chi connectivity index (χ4v) is 1.66. The minimum Gasteiger partial charge on any atom is -0.381 e. The highest BCUT2D eigenvalue weighted by Crippen LogP contribution is 2.08. The molecule has 0 spiro atoms. The number of nitrogens with two attached hydrogens (primary N) is 1. The SMILES string of the molecule is CCc1c(N)nnn1CCc1ccccn1. The molecule has 0 aliphatic rings. The van der Waals surface area contributed by atoms with Crippen LogP contribution in [0.1, 0.15) is 18.3 Å². The van der Waals surface area contributed by atoms with Crippen molar-refractivity contribution in [2.45, 2.75) is 26.3 Å². The number of aromatic nitrogens is 4. The molecular weight excluding hydrogens is 202 g/mol. The van der Waals surface area contributed by atoms with Crippen LogP contribution in [0.4, 0.5) is 5.82 Å². The maximum atomic E-state index is 5.71. The van der Waals surface area contributed by atoms with Crippen LogP contribution >= 0.6 is 0 Å². The Hall–Kier alpha value is -1.91. The lowest BCUT2D eigenvalue weighted by Gasteiger charge is -2.04. The first-order valence-corrected chi connectivity index (χ1v) is 5.39. The zero-order valence-corrected chi connectivity index (χ0v) is 9.30. The van der Waals surface area contributed by atoms with Gasteiger partial charge in [0.1, 0.15) is 0 Å². The summed E-state index contributed by atoms with van der Waals surface area (Å²) in [5, 5.41) is 7.89. The lowest BCUT2D eigenvalue weighted by Crippen LogP contribution is -2.08. The van der Waals surface area contributed by atoms with E-state index in [1.807, 2.05) is 29.8 Å². The van der Waals surface area contributed by atoms with Gasteiger partial charge >= 0.3 is 0 Å². The number of nitrogens with zero attached hydrogens (tertiary/aromatic N) is 4. The summed E-state index contributed by atoms with van der Waals surface area (Å²) in [7, 11) is 0. The Morgan fingerprint density at radius 3 is 2.94 bits per heavy atom. The van der Waals surface area contributed by atoms with E-state index in [0.29, 0.717) is 5.82 Å². The number of hydrogen-bond donors (Lipinski definition) is 1. The fourth-order valence-electron chi connectivity index (χ4n) is 1.66. The normalized spacial score (nSPS) is 10.6. The monoisotopic (exact) mass is 217 g/mol. The Morgan fingerprint density at radius 2 is 2.25 bits per heavy atom. The molecule has 0 amide bonds. The van der Waals surface area contributed by atoms with Crippen LogP contribution in [-0.2, 0) is 19.4 Å². The van der Waals surface area contributed by atoms with Crippen molar-refractivity contribution in [2.75, 3.05) is 5.73 Å². The first-order chi connectivity index (χ1) is 7.81. The largest absolute Gasteiger partial charge is 0.381 e. The summed E-state index contributed by atoms with van der Waals surface area (Å²) >= 11 is 0. The lowest BCUT2D eigenvalue weighted by atomic mass is 10.2. The molecule has 0 aromatic carbocycles. The van der Waals surface area contributed by atoms with Crippen LogP contribution in [0, 0.1) is 0 Å². The van der Waals surface area contributed by atoms with Crippen molar-refractivity contribution in [3.63, 3.8) is 0 Å². The van der Waals surface area contributed by atoms with E-state index in [4.69, 9.17) is 5.73 Å². The summed E-state index contributed by atoms with van der Waals surface area (Å²) in [6.45, 7) is 2.82. The molecule has 0 aliphatic carbocycles. The minimum absolute atomic E-state index is 0.531. The van der Waals surface area contributed by atoms with Gasteiger partial charge in [-0.15, -0.1) is 5.10 Å². The maximum Gasteiger partial charge on any atom is 0.169 e. The molecule has 2 heterocycles. The van der Waals surface area contributed by atoms with Gasteiger partial charge in [-0.2, -0.15) is 0 Å². The highest BCUT2D eigenvalue weighted by atomic mass is 15.4. The van der Waals surface area contributed by atoms with Gasteiger partial charge in [-0.25, -0.2) is 4.68 Å². The van der Waals surface area contributed by atoms with Gasteiger partial charge in [0.2, 0.25) is 0 Å². The van der Waals surface area contributed by atoms with E-state index in [1.165, 1.54) is 0 Å². The van der Waals surface area contributed by atoms with Gasteiger partial charge in [-0.05, 0) is 18.6 Å². The number of aryl methyl sites for hydroxylation is 2. The Morgan fingerprint density at radius 1 is 1.38 bits per heavy atom. The second kappa shape index (κ2) is 4.74. The van der Waals surface area contributed by atoms with E-state index < -0.39 is 0 Å². The molecule has 0 aliphatic heterocycles. The van der Waals surface area contributed by atoms with Crippen LogP contribution in [-0.4, -0.2) is 20.0 Å². The molecule has 2 aromatic rings. The van der Waals surface area contributed by atoms with Crippen molar-refractivity contribution in [1.29, 1.82) is 0 Å². The third-order valence-corrected chi connectivity index (χ3v) is 2.51. The van der Waals surface area contributed by atoms with Gasteiger partial charge in [0, 0.05) is 24.9 Å². The minimum atomic E-state index is 0.531. The maximum absolute atomic E-state index is 5.71. The van der Waals surface area contributed by atoms with Gasteiger partial charge in [-0.3, -0.25) is 4.98 Å². The van der Waals surface area contributed by atoms with Gasteiger partial charge in [0.05, 0.1) is 5.69 Å². The molecule has 0 bridgehead atoms. The average Bonchev–Trinajstić information content (AvgIpc) is 2.68. The molecule has 2 aromatic heterocycles. The average molecular weight is 217 g/mol. The first-order valence-electron chi connectivity index (χ1n) is 5.39. The molecule has 5 heteroatoms. The van der Waals surface area contributed by atoms with Crippen molar-refractivity contribution < 1.29 is 0 Å². The van der Waals surface area contributed by atoms with Crippen molar-refractivity contribution in [3.8, 4) is 0 Å². The molecule has 0 fully saturated rings. The van der Waals surface area contributed by atoms with Gasteiger partial charge in [0.25, 0.3) is 0 Å². The number of rotatable bonds is 4. The molecule has 0 saturated carbocycles. The molecule has 0 saturated heterocycles. The molecule has 0 atom stereocenters. The summed E-state index contributed by atoms with van der Waals surface area (Å²) in [6.07, 6.45) is 3.49. The topological polar surface area (TPSA) is 69.6 Å². The summed E-state index contributed by atoms with van der Waals surface area (Å²) in [6, 6.07) is 5.90. The summed E-state index contributed by atoms with van der Waals surface area (Å²) in [5.41, 5.74) is 7.76. The van der Waals surface area contributed by atoms with Crippen molar-refractivity contribution in [2.24, 2.45) is 0 Å². The highest BCUT2D eigenvalue weighted by molar-refractivity contribution is 5.32. The second-order valence-corrected chi connectivity index (χ2v) is 3.57. The molecular formula is C11H15N5. The van der Waals surface area contributed by atoms with Crippen LogP contribution in [0.5, 0.6) is 0 Å². The molecule has 2 N–H and O–H groups in total. The molecule has 2 rings (SSSR count). The third-order valence-electron chi connectivity index (χ3n) is 2.51. The smallest absolute Gasteiger partial charge is 0.169 e. The van der Waals surface area contributed by atoms with Crippen LogP contribution < -0.4 is 5.73 Å². The van der Waals surface area contributed by atoms with Crippen LogP contribution in [0.3, 0.4) is 0 Å². The van der Waals surface area contributed by atoms with E-state index in [1.54, 1.807) is 6.20 Å².